The molecule has 1 atom stereocenters. The average Bonchev–Trinajstić information content (AvgIpc) is 1.87. The molecule has 10 heavy (non-hydrogen) atoms. The lowest BCUT2D eigenvalue weighted by molar-refractivity contribution is 0.244. The molecule has 0 amide bonds. The Hall–Kier alpha value is -0.300. The molecule has 0 aliphatic heterocycles. The smallest absolute Gasteiger partial charge is 0.0692 e. The largest absolute Gasteiger partial charge is 0.389 e. The van der Waals surface area contributed by atoms with Crippen LogP contribution in [-0.2, 0) is 0 Å². The van der Waals surface area contributed by atoms with E-state index < -0.39 is 0 Å². The molecule has 0 spiro atoms. The summed E-state index contributed by atoms with van der Waals surface area (Å²) >= 11 is 0. The van der Waals surface area contributed by atoms with Crippen LogP contribution in [0.2, 0.25) is 0 Å². The van der Waals surface area contributed by atoms with Gasteiger partial charge in [0.25, 0.3) is 0 Å². The maximum absolute atomic E-state index is 8.82. The number of rotatable bonds is 5. The van der Waals surface area contributed by atoms with Gasteiger partial charge in [0.05, 0.1) is 6.10 Å². The first-order valence-electron chi connectivity index (χ1n) is 4.12. The van der Waals surface area contributed by atoms with Gasteiger partial charge < -0.3 is 5.11 Å². The van der Waals surface area contributed by atoms with E-state index in [1.807, 2.05) is 6.08 Å². The number of unbranched alkanes of at least 4 members (excludes halogenated alkanes) is 3. The van der Waals surface area contributed by atoms with E-state index in [1.54, 1.807) is 6.92 Å². The van der Waals surface area contributed by atoms with E-state index in [0.717, 1.165) is 6.42 Å². The van der Waals surface area contributed by atoms with Crippen molar-refractivity contribution in [2.24, 2.45) is 0 Å². The van der Waals surface area contributed by atoms with Crippen molar-refractivity contribution >= 4 is 0 Å². The van der Waals surface area contributed by atoms with Crippen LogP contribution in [0.5, 0.6) is 0 Å². The summed E-state index contributed by atoms with van der Waals surface area (Å²) in [6, 6.07) is 0. The molecule has 0 aromatic heterocycles. The lowest BCUT2D eigenvalue weighted by Crippen LogP contribution is -1.91. The quantitative estimate of drug-likeness (QED) is 0.462. The molecule has 60 valence electrons. The Bertz CT molecular complexity index is 84.7. The molecular weight excluding hydrogens is 124 g/mol. The second-order valence-electron chi connectivity index (χ2n) is 2.66. The Labute approximate surface area is 63.8 Å². The zero-order chi connectivity index (χ0) is 7.82. The van der Waals surface area contributed by atoms with Crippen molar-refractivity contribution in [2.75, 3.05) is 0 Å². The van der Waals surface area contributed by atoms with Crippen LogP contribution in [0.15, 0.2) is 12.2 Å². The van der Waals surface area contributed by atoms with Crippen LogP contribution in [0, 0.1) is 0 Å². The SMILES string of the molecule is CCCCC/C=C/[C@H](C)O. The molecule has 0 heterocycles. The van der Waals surface area contributed by atoms with E-state index in [-0.39, 0.29) is 6.10 Å². The molecule has 0 saturated heterocycles. The summed E-state index contributed by atoms with van der Waals surface area (Å²) in [6.07, 6.45) is 8.54. The second kappa shape index (κ2) is 6.81. The third-order valence-electron chi connectivity index (χ3n) is 1.39. The van der Waals surface area contributed by atoms with Crippen molar-refractivity contribution in [1.29, 1.82) is 0 Å². The van der Waals surface area contributed by atoms with Crippen molar-refractivity contribution in [1.82, 2.24) is 0 Å². The van der Waals surface area contributed by atoms with Crippen LogP contribution in [0.25, 0.3) is 0 Å². The highest BCUT2D eigenvalue weighted by molar-refractivity contribution is 4.85. The molecule has 0 bridgehead atoms. The van der Waals surface area contributed by atoms with Gasteiger partial charge in [-0.25, -0.2) is 0 Å². The van der Waals surface area contributed by atoms with Crippen molar-refractivity contribution in [3.8, 4) is 0 Å². The summed E-state index contributed by atoms with van der Waals surface area (Å²) < 4.78 is 0. The summed E-state index contributed by atoms with van der Waals surface area (Å²) in [5.41, 5.74) is 0. The fraction of sp³-hybridized carbons (Fsp3) is 0.778. The zero-order valence-corrected chi connectivity index (χ0v) is 7.01. The Balaban J connectivity index is 3.02. The van der Waals surface area contributed by atoms with Gasteiger partial charge in [0, 0.05) is 0 Å². The topological polar surface area (TPSA) is 20.2 Å². The molecule has 0 rings (SSSR count). The van der Waals surface area contributed by atoms with E-state index in [0.29, 0.717) is 0 Å². The molecular formula is C9H18O. The number of aliphatic hydroxyl groups is 1. The third kappa shape index (κ3) is 7.70. The molecule has 0 aliphatic carbocycles. The first kappa shape index (κ1) is 9.70. The fourth-order valence-electron chi connectivity index (χ4n) is 0.805. The standard InChI is InChI=1S/C9H18O/c1-3-4-5-6-7-8-9(2)10/h7-10H,3-6H2,1-2H3/b8-7+/t9-/m0/s1. The summed E-state index contributed by atoms with van der Waals surface area (Å²) in [5, 5.41) is 8.82. The van der Waals surface area contributed by atoms with Gasteiger partial charge >= 0.3 is 0 Å². The molecule has 0 aromatic rings. The Morgan fingerprint density at radius 2 is 2.10 bits per heavy atom. The molecule has 1 heteroatoms. The lowest BCUT2D eigenvalue weighted by atomic mass is 10.2. The van der Waals surface area contributed by atoms with Gasteiger partial charge in [-0.2, -0.15) is 0 Å². The molecule has 0 fully saturated rings. The monoisotopic (exact) mass is 142 g/mol. The molecule has 1 N–H and O–H groups in total. The highest BCUT2D eigenvalue weighted by atomic mass is 16.3. The Kier molecular flexibility index (Phi) is 6.61. The average molecular weight is 142 g/mol. The highest BCUT2D eigenvalue weighted by Gasteiger charge is 1.84. The predicted molar refractivity (Wildman–Crippen MR) is 45.0 cm³/mol. The van der Waals surface area contributed by atoms with Gasteiger partial charge in [0.2, 0.25) is 0 Å². The number of hydrogen-bond acceptors (Lipinski definition) is 1. The molecule has 0 saturated carbocycles. The van der Waals surface area contributed by atoms with Gasteiger partial charge in [-0.3, -0.25) is 0 Å². The number of aliphatic hydroxyl groups excluding tert-OH is 1. The van der Waals surface area contributed by atoms with Gasteiger partial charge in [-0.05, 0) is 19.8 Å². The van der Waals surface area contributed by atoms with Crippen LogP contribution >= 0.6 is 0 Å². The lowest BCUT2D eigenvalue weighted by Gasteiger charge is -1.93. The summed E-state index contributed by atoms with van der Waals surface area (Å²) in [7, 11) is 0. The highest BCUT2D eigenvalue weighted by Crippen LogP contribution is 1.99. The summed E-state index contributed by atoms with van der Waals surface area (Å²) in [4.78, 5) is 0. The summed E-state index contributed by atoms with van der Waals surface area (Å²) in [5.74, 6) is 0. The third-order valence-corrected chi connectivity index (χ3v) is 1.39. The van der Waals surface area contributed by atoms with Gasteiger partial charge in [0.1, 0.15) is 0 Å². The maximum Gasteiger partial charge on any atom is 0.0692 e. The zero-order valence-electron chi connectivity index (χ0n) is 7.01. The predicted octanol–water partition coefficient (Wildman–Crippen LogP) is 2.50. The van der Waals surface area contributed by atoms with Crippen LogP contribution in [-0.4, -0.2) is 11.2 Å². The first-order chi connectivity index (χ1) is 4.77. The van der Waals surface area contributed by atoms with E-state index in [9.17, 15) is 0 Å². The summed E-state index contributed by atoms with van der Waals surface area (Å²) in [6.45, 7) is 3.97. The molecule has 0 aromatic carbocycles. The van der Waals surface area contributed by atoms with Crippen LogP contribution in [0.1, 0.15) is 39.5 Å². The molecule has 0 radical (unpaired) electrons. The molecule has 1 nitrogen and oxygen atoms in total. The first-order valence-corrected chi connectivity index (χ1v) is 4.12. The van der Waals surface area contributed by atoms with Crippen molar-refractivity contribution < 1.29 is 5.11 Å². The number of hydrogen-bond donors (Lipinski definition) is 1. The van der Waals surface area contributed by atoms with Crippen LogP contribution in [0.4, 0.5) is 0 Å². The van der Waals surface area contributed by atoms with Crippen LogP contribution in [0.3, 0.4) is 0 Å². The molecule has 0 aliphatic rings. The van der Waals surface area contributed by atoms with Crippen molar-refractivity contribution in [3.63, 3.8) is 0 Å². The minimum atomic E-state index is -0.276. The maximum atomic E-state index is 8.82. The number of allylic oxidation sites excluding steroid dienone is 1. The normalized spacial score (nSPS) is 14.3. The van der Waals surface area contributed by atoms with Crippen molar-refractivity contribution in [2.45, 2.75) is 45.6 Å². The van der Waals surface area contributed by atoms with Gasteiger partial charge in [-0.15, -0.1) is 0 Å². The Morgan fingerprint density at radius 1 is 1.40 bits per heavy atom. The second-order valence-corrected chi connectivity index (χ2v) is 2.66. The van der Waals surface area contributed by atoms with E-state index >= 15 is 0 Å². The van der Waals surface area contributed by atoms with Crippen LogP contribution < -0.4 is 0 Å². The molecule has 0 unspecified atom stereocenters. The van der Waals surface area contributed by atoms with E-state index in [4.69, 9.17) is 5.11 Å². The fourth-order valence-corrected chi connectivity index (χ4v) is 0.805. The van der Waals surface area contributed by atoms with E-state index in [2.05, 4.69) is 13.0 Å². The Morgan fingerprint density at radius 3 is 2.60 bits per heavy atom. The van der Waals surface area contributed by atoms with E-state index in [1.165, 1.54) is 19.3 Å². The van der Waals surface area contributed by atoms with Gasteiger partial charge in [-0.1, -0.05) is 31.9 Å². The van der Waals surface area contributed by atoms with Crippen molar-refractivity contribution in [3.05, 3.63) is 12.2 Å². The van der Waals surface area contributed by atoms with Gasteiger partial charge in [0.15, 0.2) is 0 Å². The minimum Gasteiger partial charge on any atom is -0.389 e. The minimum absolute atomic E-state index is 0.276.